The van der Waals surface area contributed by atoms with E-state index in [2.05, 4.69) is 30.6 Å². The lowest BCUT2D eigenvalue weighted by Crippen LogP contribution is -2.17. The lowest BCUT2D eigenvalue weighted by molar-refractivity contribution is 0.225. The van der Waals surface area contributed by atoms with E-state index in [0.29, 0.717) is 28.8 Å². The van der Waals surface area contributed by atoms with Crippen LogP contribution in [-0.4, -0.2) is 25.0 Å². The number of nitrogens with one attached hydrogen (secondary N) is 3. The molecule has 1 unspecified atom stereocenters. The van der Waals surface area contributed by atoms with Crippen molar-refractivity contribution in [2.45, 2.75) is 24.3 Å². The summed E-state index contributed by atoms with van der Waals surface area (Å²) in [5.41, 5.74) is 5.74. The number of aliphatic hydroxyl groups excluding tert-OH is 1. The van der Waals surface area contributed by atoms with E-state index in [0.717, 1.165) is 37.5 Å². The van der Waals surface area contributed by atoms with E-state index >= 15 is 0 Å². The third-order valence-electron chi connectivity index (χ3n) is 7.01. The summed E-state index contributed by atoms with van der Waals surface area (Å²) in [5.74, 6) is 0.248. The zero-order chi connectivity index (χ0) is 27.9. The summed E-state index contributed by atoms with van der Waals surface area (Å²) in [6, 6.07) is 23.5. The predicted octanol–water partition coefficient (Wildman–Crippen LogP) is 6.19. The largest absolute Gasteiger partial charge is 0.423 e. The number of rotatable bonds is 6. The molecule has 4 heterocycles. The molecule has 6 aromatic rings. The number of aromatic nitrogens is 4. The van der Waals surface area contributed by atoms with Crippen LogP contribution in [0.5, 0.6) is 0 Å². The van der Waals surface area contributed by atoms with Gasteiger partial charge in [-0.15, -0.1) is 0 Å². The molecule has 1 aliphatic heterocycles. The number of fused-ring (bicyclic) bond motifs is 3. The molecule has 4 N–H and O–H groups in total. The zero-order valence-corrected chi connectivity index (χ0v) is 22.7. The molecule has 0 amide bonds. The summed E-state index contributed by atoms with van der Waals surface area (Å²) in [4.78, 5) is 30.8. The van der Waals surface area contributed by atoms with Gasteiger partial charge in [-0.05, 0) is 48.4 Å². The SMILES string of the molecule is Cc1c(Cc2ccc3c(c2)C(O)/C(=C\Nc2cccc4cccnc24)S3)nc(Nc2nc3ccccc3o2)[nH]c1=O. The molecule has 1 atom stereocenters. The Labute approximate surface area is 238 Å². The van der Waals surface area contributed by atoms with Gasteiger partial charge in [0.05, 0.1) is 16.9 Å². The second-order valence-electron chi connectivity index (χ2n) is 9.72. The first kappa shape index (κ1) is 25.1. The molecule has 3 aromatic carbocycles. The molecule has 10 heteroatoms. The number of thioether (sulfide) groups is 1. The van der Waals surface area contributed by atoms with E-state index < -0.39 is 6.10 Å². The molecule has 1 aliphatic rings. The summed E-state index contributed by atoms with van der Waals surface area (Å²) in [6.45, 7) is 1.75. The number of anilines is 3. The molecule has 3 aromatic heterocycles. The number of nitrogens with zero attached hydrogens (tertiary/aromatic N) is 3. The van der Waals surface area contributed by atoms with Crippen molar-refractivity contribution in [3.8, 4) is 0 Å². The second kappa shape index (κ2) is 10.2. The molecule has 7 rings (SSSR count). The minimum Gasteiger partial charge on any atom is -0.423 e. The van der Waals surface area contributed by atoms with Gasteiger partial charge in [-0.2, -0.15) is 4.98 Å². The van der Waals surface area contributed by atoms with Gasteiger partial charge < -0.3 is 14.8 Å². The fourth-order valence-electron chi connectivity index (χ4n) is 4.86. The van der Waals surface area contributed by atoms with Gasteiger partial charge in [0.1, 0.15) is 11.6 Å². The Hall–Kier alpha value is -4.93. The van der Waals surface area contributed by atoms with Crippen molar-refractivity contribution < 1.29 is 9.52 Å². The Kier molecular flexibility index (Phi) is 6.26. The first-order valence-electron chi connectivity index (χ1n) is 13.0. The average molecular weight is 561 g/mol. The Morgan fingerprint density at radius 3 is 2.85 bits per heavy atom. The Bertz CT molecular complexity index is 1990. The van der Waals surface area contributed by atoms with Gasteiger partial charge in [-0.25, -0.2) is 4.98 Å². The van der Waals surface area contributed by atoms with E-state index in [9.17, 15) is 9.90 Å². The number of H-pyrrole nitrogens is 1. The summed E-state index contributed by atoms with van der Waals surface area (Å²) in [6.07, 6.45) is 3.25. The van der Waals surface area contributed by atoms with Crippen molar-refractivity contribution in [1.82, 2.24) is 19.9 Å². The van der Waals surface area contributed by atoms with Crippen molar-refractivity contribution >= 4 is 51.4 Å². The van der Waals surface area contributed by atoms with E-state index in [-0.39, 0.29) is 17.5 Å². The van der Waals surface area contributed by atoms with E-state index in [4.69, 9.17) is 4.42 Å². The van der Waals surface area contributed by atoms with Crippen LogP contribution in [0.3, 0.4) is 0 Å². The van der Waals surface area contributed by atoms with Crippen molar-refractivity contribution in [2.75, 3.05) is 10.6 Å². The van der Waals surface area contributed by atoms with Gasteiger partial charge in [0.15, 0.2) is 5.58 Å². The summed E-state index contributed by atoms with van der Waals surface area (Å²) >= 11 is 1.53. The minimum atomic E-state index is -0.769. The van der Waals surface area contributed by atoms with Crippen molar-refractivity contribution in [2.24, 2.45) is 0 Å². The highest BCUT2D eigenvalue weighted by Crippen LogP contribution is 2.47. The first-order chi connectivity index (χ1) is 20.0. The smallest absolute Gasteiger partial charge is 0.302 e. The Morgan fingerprint density at radius 1 is 1.07 bits per heavy atom. The number of hydrogen-bond donors (Lipinski definition) is 4. The summed E-state index contributed by atoms with van der Waals surface area (Å²) < 4.78 is 5.71. The van der Waals surface area contributed by atoms with Crippen LogP contribution in [0.1, 0.15) is 28.5 Å². The maximum absolute atomic E-state index is 12.7. The molecule has 0 radical (unpaired) electrons. The van der Waals surface area contributed by atoms with Crippen molar-refractivity contribution in [1.29, 1.82) is 0 Å². The van der Waals surface area contributed by atoms with Gasteiger partial charge in [0.2, 0.25) is 5.95 Å². The standard InChI is InChI=1S/C31H24N6O3S/c1-17-23(34-30(36-29(17)39)37-31-35-21-8-2-3-10-24(21)40-31)15-18-11-12-25-20(14-18)28(38)26(41-25)16-33-22-9-4-6-19-7-5-13-32-27(19)22/h2-14,16,28,33,38H,15H2,1H3,(H2,34,35,36,37,39)/b26-16+. The van der Waals surface area contributed by atoms with Gasteiger partial charge in [-0.3, -0.25) is 20.1 Å². The fraction of sp³-hybridized carbons (Fsp3) is 0.0968. The van der Waals surface area contributed by atoms with Crippen LogP contribution in [0.25, 0.3) is 22.0 Å². The van der Waals surface area contributed by atoms with Crippen LogP contribution in [0.4, 0.5) is 17.7 Å². The minimum absolute atomic E-state index is 0.244. The lowest BCUT2D eigenvalue weighted by Gasteiger charge is -2.10. The quantitative estimate of drug-likeness (QED) is 0.188. The molecular weight excluding hydrogens is 536 g/mol. The van der Waals surface area contributed by atoms with Crippen LogP contribution in [-0.2, 0) is 6.42 Å². The van der Waals surface area contributed by atoms with Crippen molar-refractivity contribution in [3.63, 3.8) is 0 Å². The molecule has 0 fully saturated rings. The van der Waals surface area contributed by atoms with Gasteiger partial charge in [-0.1, -0.05) is 54.2 Å². The molecule has 0 aliphatic carbocycles. The van der Waals surface area contributed by atoms with Crippen molar-refractivity contribution in [3.05, 3.63) is 123 Å². The second-order valence-corrected chi connectivity index (χ2v) is 10.8. The maximum atomic E-state index is 12.7. The molecular formula is C31H24N6O3S. The molecule has 0 bridgehead atoms. The number of aliphatic hydroxyl groups is 1. The molecule has 202 valence electrons. The van der Waals surface area contributed by atoms with Crippen LogP contribution < -0.4 is 16.2 Å². The molecule has 9 nitrogen and oxygen atoms in total. The maximum Gasteiger partial charge on any atom is 0.302 e. The van der Waals surface area contributed by atoms with E-state index in [1.165, 1.54) is 11.8 Å². The van der Waals surface area contributed by atoms with Gasteiger partial charge in [0, 0.05) is 39.6 Å². The topological polar surface area (TPSA) is 129 Å². The zero-order valence-electron chi connectivity index (χ0n) is 21.9. The van der Waals surface area contributed by atoms with Crippen LogP contribution >= 0.6 is 11.8 Å². The van der Waals surface area contributed by atoms with E-state index in [1.807, 2.05) is 79.0 Å². The predicted molar refractivity (Wildman–Crippen MR) is 160 cm³/mol. The van der Waals surface area contributed by atoms with Gasteiger partial charge in [0.25, 0.3) is 5.56 Å². The number of hydrogen-bond acceptors (Lipinski definition) is 9. The highest BCUT2D eigenvalue weighted by Gasteiger charge is 2.27. The third-order valence-corrected chi connectivity index (χ3v) is 8.18. The van der Waals surface area contributed by atoms with Crippen LogP contribution in [0.15, 0.2) is 104 Å². The van der Waals surface area contributed by atoms with Gasteiger partial charge >= 0.3 is 6.01 Å². The number of benzene rings is 3. The Morgan fingerprint density at radius 2 is 1.95 bits per heavy atom. The molecule has 0 saturated heterocycles. The number of pyridine rings is 1. The van der Waals surface area contributed by atoms with Crippen LogP contribution in [0, 0.1) is 6.92 Å². The number of oxazole rings is 1. The summed E-state index contributed by atoms with van der Waals surface area (Å²) in [5, 5.41) is 18.5. The Balaban J connectivity index is 1.11. The highest BCUT2D eigenvalue weighted by molar-refractivity contribution is 8.03. The first-order valence-corrected chi connectivity index (χ1v) is 13.8. The highest BCUT2D eigenvalue weighted by atomic mass is 32.2. The fourth-order valence-corrected chi connectivity index (χ4v) is 5.89. The lowest BCUT2D eigenvalue weighted by atomic mass is 10.0. The monoisotopic (exact) mass is 560 g/mol. The summed E-state index contributed by atoms with van der Waals surface area (Å²) in [7, 11) is 0. The normalized spacial score (nSPS) is 15.5. The molecule has 0 spiro atoms. The van der Waals surface area contributed by atoms with E-state index in [1.54, 1.807) is 13.1 Å². The molecule has 41 heavy (non-hydrogen) atoms. The average Bonchev–Trinajstić information content (AvgIpc) is 3.54. The third kappa shape index (κ3) is 4.83. The molecule has 0 saturated carbocycles. The van der Waals surface area contributed by atoms with Crippen LogP contribution in [0.2, 0.25) is 0 Å². The number of aromatic amines is 1. The number of para-hydroxylation sites is 3.